The summed E-state index contributed by atoms with van der Waals surface area (Å²) < 4.78 is 5.95. The molecule has 2 spiro atoms. The zero-order valence-corrected chi connectivity index (χ0v) is 20.8. The standard InChI is InChI=1S/C11H22N2O.C8H16N2.C3H8.C2H6/c1-10(2)13-6-3-11(4-7-13)9-12-5-8-14-11;1-10-6-8(7-10)2-4-9-5-3-8;1-3-2;1-2/h10,12H,3-9H2,1-2H3;9H,2-7H2,1H3;3H2,1-2H3;1-2H3. The van der Waals surface area contributed by atoms with E-state index in [1.807, 2.05) is 13.8 Å². The van der Waals surface area contributed by atoms with Crippen LogP contribution in [0.25, 0.3) is 0 Å². The monoisotopic (exact) mass is 412 g/mol. The van der Waals surface area contributed by atoms with Gasteiger partial charge in [-0.05, 0) is 65.1 Å². The molecule has 0 aromatic heterocycles. The highest BCUT2D eigenvalue weighted by atomic mass is 16.5. The zero-order valence-electron chi connectivity index (χ0n) is 20.8. The lowest BCUT2D eigenvalue weighted by Crippen LogP contribution is -2.58. The molecule has 0 unspecified atom stereocenters. The topological polar surface area (TPSA) is 39.8 Å². The first-order chi connectivity index (χ1) is 13.9. The quantitative estimate of drug-likeness (QED) is 0.689. The number of likely N-dealkylation sites (tertiary alicyclic amines) is 2. The van der Waals surface area contributed by atoms with Gasteiger partial charge in [-0.3, -0.25) is 0 Å². The number of piperidine rings is 2. The van der Waals surface area contributed by atoms with Crippen LogP contribution in [-0.2, 0) is 4.74 Å². The molecule has 4 rings (SSSR count). The summed E-state index contributed by atoms with van der Waals surface area (Å²) in [5.74, 6) is 0. The maximum Gasteiger partial charge on any atom is 0.0831 e. The summed E-state index contributed by atoms with van der Waals surface area (Å²) in [7, 11) is 2.22. The van der Waals surface area contributed by atoms with Crippen LogP contribution in [0.4, 0.5) is 0 Å². The van der Waals surface area contributed by atoms with Crippen molar-refractivity contribution in [2.45, 2.75) is 85.3 Å². The fourth-order valence-corrected chi connectivity index (χ4v) is 4.85. The largest absolute Gasteiger partial charge is 0.372 e. The highest BCUT2D eigenvalue weighted by molar-refractivity contribution is 4.96. The molecule has 4 aliphatic heterocycles. The normalized spacial score (nSPS) is 25.7. The van der Waals surface area contributed by atoms with Crippen molar-refractivity contribution in [1.82, 2.24) is 20.4 Å². The van der Waals surface area contributed by atoms with Crippen molar-refractivity contribution in [3.05, 3.63) is 0 Å². The van der Waals surface area contributed by atoms with Gasteiger partial charge in [0.15, 0.2) is 0 Å². The number of hydrogen-bond donors (Lipinski definition) is 2. The van der Waals surface area contributed by atoms with Gasteiger partial charge in [-0.2, -0.15) is 0 Å². The van der Waals surface area contributed by atoms with E-state index in [0.717, 1.165) is 25.1 Å². The van der Waals surface area contributed by atoms with E-state index in [9.17, 15) is 0 Å². The summed E-state index contributed by atoms with van der Waals surface area (Å²) in [5.41, 5.74) is 0.906. The molecule has 0 saturated carbocycles. The van der Waals surface area contributed by atoms with E-state index in [0.29, 0.717) is 6.04 Å². The fourth-order valence-electron chi connectivity index (χ4n) is 4.85. The summed E-state index contributed by atoms with van der Waals surface area (Å²) in [6, 6.07) is 0.684. The average Bonchev–Trinajstić information content (AvgIpc) is 2.71. The Hall–Kier alpha value is -0.200. The van der Waals surface area contributed by atoms with Gasteiger partial charge in [-0.25, -0.2) is 0 Å². The lowest BCUT2D eigenvalue weighted by Gasteiger charge is -2.51. The Morgan fingerprint density at radius 3 is 1.86 bits per heavy atom. The van der Waals surface area contributed by atoms with Gasteiger partial charge >= 0.3 is 0 Å². The molecule has 5 nitrogen and oxygen atoms in total. The van der Waals surface area contributed by atoms with Crippen molar-refractivity contribution in [1.29, 1.82) is 0 Å². The number of ether oxygens (including phenoxy) is 1. The molecule has 0 aliphatic carbocycles. The van der Waals surface area contributed by atoms with Gasteiger partial charge in [0.2, 0.25) is 0 Å². The van der Waals surface area contributed by atoms with Gasteiger partial charge in [0.25, 0.3) is 0 Å². The van der Waals surface area contributed by atoms with Gasteiger partial charge in [-0.1, -0.05) is 34.1 Å². The van der Waals surface area contributed by atoms with Crippen LogP contribution in [0, 0.1) is 5.41 Å². The molecular formula is C24H52N4O. The van der Waals surface area contributed by atoms with Gasteiger partial charge in [-0.15, -0.1) is 0 Å². The van der Waals surface area contributed by atoms with Gasteiger partial charge < -0.3 is 25.2 Å². The predicted octanol–water partition coefficient (Wildman–Crippen LogP) is 3.59. The molecule has 4 saturated heterocycles. The number of nitrogens with one attached hydrogen (secondary N) is 2. The van der Waals surface area contributed by atoms with Crippen LogP contribution in [0.15, 0.2) is 0 Å². The molecule has 4 aliphatic rings. The second-order valence-electron chi connectivity index (χ2n) is 9.47. The Bertz CT molecular complexity index is 378. The Morgan fingerprint density at radius 2 is 1.45 bits per heavy atom. The second kappa shape index (κ2) is 14.0. The molecule has 0 aromatic carbocycles. The highest BCUT2D eigenvalue weighted by Gasteiger charge is 2.41. The van der Waals surface area contributed by atoms with E-state index in [1.165, 1.54) is 71.4 Å². The van der Waals surface area contributed by atoms with E-state index in [1.54, 1.807) is 0 Å². The van der Waals surface area contributed by atoms with Gasteiger partial charge in [0.1, 0.15) is 0 Å². The van der Waals surface area contributed by atoms with Crippen molar-refractivity contribution in [3.63, 3.8) is 0 Å². The van der Waals surface area contributed by atoms with Crippen molar-refractivity contribution in [2.24, 2.45) is 5.41 Å². The molecule has 174 valence electrons. The smallest absolute Gasteiger partial charge is 0.0831 e. The van der Waals surface area contributed by atoms with E-state index >= 15 is 0 Å². The molecule has 0 bridgehead atoms. The van der Waals surface area contributed by atoms with Crippen LogP contribution in [0.1, 0.15) is 73.6 Å². The fraction of sp³-hybridized carbons (Fsp3) is 1.00. The van der Waals surface area contributed by atoms with Crippen molar-refractivity contribution >= 4 is 0 Å². The average molecular weight is 413 g/mol. The van der Waals surface area contributed by atoms with Crippen molar-refractivity contribution in [2.75, 3.05) is 66.0 Å². The van der Waals surface area contributed by atoms with Crippen LogP contribution in [-0.4, -0.2) is 87.5 Å². The number of morpholine rings is 1. The molecule has 29 heavy (non-hydrogen) atoms. The third-order valence-electron chi connectivity index (χ3n) is 6.45. The maximum absolute atomic E-state index is 5.95. The minimum Gasteiger partial charge on any atom is -0.372 e. The molecule has 5 heteroatoms. The van der Waals surface area contributed by atoms with Gasteiger partial charge in [0.05, 0.1) is 12.2 Å². The lowest BCUT2D eigenvalue weighted by atomic mass is 9.73. The van der Waals surface area contributed by atoms with E-state index in [2.05, 4.69) is 55.2 Å². The Balaban J connectivity index is 0.000000245. The van der Waals surface area contributed by atoms with E-state index < -0.39 is 0 Å². The molecule has 4 heterocycles. The maximum atomic E-state index is 5.95. The van der Waals surface area contributed by atoms with Gasteiger partial charge in [0, 0.05) is 45.3 Å². The van der Waals surface area contributed by atoms with Crippen molar-refractivity contribution in [3.8, 4) is 0 Å². The first-order valence-corrected chi connectivity index (χ1v) is 12.4. The Morgan fingerprint density at radius 1 is 0.897 bits per heavy atom. The zero-order chi connectivity index (χ0) is 21.8. The lowest BCUT2D eigenvalue weighted by molar-refractivity contribution is -0.102. The number of rotatable bonds is 1. The van der Waals surface area contributed by atoms with Crippen molar-refractivity contribution < 1.29 is 4.74 Å². The highest BCUT2D eigenvalue weighted by Crippen LogP contribution is 2.37. The minimum absolute atomic E-state index is 0.170. The molecule has 0 aromatic rings. The third kappa shape index (κ3) is 8.82. The van der Waals surface area contributed by atoms with Crippen LogP contribution >= 0.6 is 0 Å². The summed E-state index contributed by atoms with van der Waals surface area (Å²) >= 11 is 0. The van der Waals surface area contributed by atoms with E-state index in [4.69, 9.17) is 4.74 Å². The summed E-state index contributed by atoms with van der Waals surface area (Å²) in [6.45, 7) is 23.3. The van der Waals surface area contributed by atoms with E-state index in [-0.39, 0.29) is 5.60 Å². The van der Waals surface area contributed by atoms with Crippen LogP contribution in [0.3, 0.4) is 0 Å². The van der Waals surface area contributed by atoms with Crippen LogP contribution < -0.4 is 10.6 Å². The molecule has 2 N–H and O–H groups in total. The number of hydrogen-bond acceptors (Lipinski definition) is 5. The minimum atomic E-state index is 0.170. The molecular weight excluding hydrogens is 360 g/mol. The Kier molecular flexibility index (Phi) is 12.9. The van der Waals surface area contributed by atoms with Crippen LogP contribution in [0.5, 0.6) is 0 Å². The number of nitrogens with zero attached hydrogens (tertiary/aromatic N) is 2. The summed E-state index contributed by atoms with van der Waals surface area (Å²) in [6.07, 6.45) is 6.44. The second-order valence-corrected chi connectivity index (χ2v) is 9.47. The summed E-state index contributed by atoms with van der Waals surface area (Å²) in [4.78, 5) is 4.97. The SMILES string of the molecule is CC.CC(C)N1CCC2(CC1)CNCCO2.CCC.CN1CC2(CCNCC2)C1. The first kappa shape index (κ1) is 26.8. The molecule has 0 atom stereocenters. The Labute approximate surface area is 182 Å². The van der Waals surface area contributed by atoms with Crippen LogP contribution in [0.2, 0.25) is 0 Å². The first-order valence-electron chi connectivity index (χ1n) is 12.4. The molecule has 4 fully saturated rings. The third-order valence-corrected chi connectivity index (χ3v) is 6.45. The summed E-state index contributed by atoms with van der Waals surface area (Å²) in [5, 5.41) is 6.85. The molecule has 0 radical (unpaired) electrons. The predicted molar refractivity (Wildman–Crippen MR) is 127 cm³/mol. The molecule has 0 amide bonds.